The Kier molecular flexibility index (Phi) is 4.91. The highest BCUT2D eigenvalue weighted by Gasteiger charge is 2.13. The first kappa shape index (κ1) is 17.7. The Labute approximate surface area is 164 Å². The van der Waals surface area contributed by atoms with Crippen LogP contribution in [-0.2, 0) is 4.79 Å². The molecule has 27 heavy (non-hydrogen) atoms. The molecule has 0 aliphatic rings. The monoisotopic (exact) mass is 395 g/mol. The van der Waals surface area contributed by atoms with Crippen molar-refractivity contribution in [3.8, 4) is 5.69 Å². The van der Waals surface area contributed by atoms with E-state index in [1.54, 1.807) is 16.0 Å². The fraction of sp³-hybridized carbons (Fsp3) is 0.158. The van der Waals surface area contributed by atoms with E-state index in [-0.39, 0.29) is 11.7 Å². The van der Waals surface area contributed by atoms with Crippen molar-refractivity contribution in [2.24, 2.45) is 0 Å². The van der Waals surface area contributed by atoms with Gasteiger partial charge in [-0.3, -0.25) is 4.79 Å². The van der Waals surface area contributed by atoms with E-state index >= 15 is 0 Å². The number of carbonyl (C=O) groups excluding carboxylic acids is 1. The van der Waals surface area contributed by atoms with Gasteiger partial charge in [0.15, 0.2) is 0 Å². The van der Waals surface area contributed by atoms with Crippen LogP contribution in [0.25, 0.3) is 15.9 Å². The van der Waals surface area contributed by atoms with Crippen molar-refractivity contribution in [3.63, 3.8) is 0 Å². The number of hydrogen-bond donors (Lipinski definition) is 1. The van der Waals surface area contributed by atoms with Crippen molar-refractivity contribution < 1.29 is 4.79 Å². The van der Waals surface area contributed by atoms with Crippen LogP contribution < -0.4 is 5.32 Å². The van der Waals surface area contributed by atoms with Gasteiger partial charge in [0.1, 0.15) is 17.2 Å². The van der Waals surface area contributed by atoms with Gasteiger partial charge in [0, 0.05) is 6.07 Å². The highest BCUT2D eigenvalue weighted by Crippen LogP contribution is 2.28. The highest BCUT2D eigenvalue weighted by atomic mass is 32.2. The summed E-state index contributed by atoms with van der Waals surface area (Å²) in [5.41, 5.74) is 3.84. The normalized spacial score (nSPS) is 11.0. The number of amides is 1. The van der Waals surface area contributed by atoms with E-state index in [4.69, 9.17) is 0 Å². The first-order valence-electron chi connectivity index (χ1n) is 8.35. The molecule has 0 unspecified atom stereocenters. The molecule has 6 nitrogen and oxygen atoms in total. The summed E-state index contributed by atoms with van der Waals surface area (Å²) in [5, 5.41) is 10.3. The smallest absolute Gasteiger partial charge is 0.235 e. The van der Waals surface area contributed by atoms with E-state index in [2.05, 4.69) is 20.4 Å². The molecule has 0 saturated carbocycles. The minimum absolute atomic E-state index is 0.100. The first-order valence-corrected chi connectivity index (χ1v) is 10.2. The van der Waals surface area contributed by atoms with Crippen LogP contribution in [0.1, 0.15) is 11.3 Å². The van der Waals surface area contributed by atoms with Crippen molar-refractivity contribution in [2.75, 3.05) is 11.1 Å². The van der Waals surface area contributed by atoms with Crippen LogP contribution in [0, 0.1) is 13.8 Å². The molecule has 0 aliphatic carbocycles. The molecule has 0 spiro atoms. The zero-order valence-electron chi connectivity index (χ0n) is 14.8. The van der Waals surface area contributed by atoms with E-state index in [1.807, 2.05) is 55.6 Å². The molecule has 4 rings (SSSR count). The summed E-state index contributed by atoms with van der Waals surface area (Å²) in [4.78, 5) is 21.0. The minimum Gasteiger partial charge on any atom is -0.310 e. The van der Waals surface area contributed by atoms with Gasteiger partial charge in [0.05, 0.1) is 27.4 Å². The third-order valence-electron chi connectivity index (χ3n) is 3.93. The van der Waals surface area contributed by atoms with Gasteiger partial charge >= 0.3 is 0 Å². The van der Waals surface area contributed by atoms with E-state index in [9.17, 15) is 4.79 Å². The molecule has 4 aromatic rings. The van der Waals surface area contributed by atoms with Gasteiger partial charge in [-0.2, -0.15) is 5.10 Å². The Hall–Kier alpha value is -2.71. The number of hydrogen-bond acceptors (Lipinski definition) is 6. The maximum absolute atomic E-state index is 12.5. The number of rotatable bonds is 5. The molecule has 1 N–H and O–H groups in total. The quantitative estimate of drug-likeness (QED) is 0.404. The summed E-state index contributed by atoms with van der Waals surface area (Å²) in [7, 11) is 0. The van der Waals surface area contributed by atoms with Crippen molar-refractivity contribution in [1.82, 2.24) is 19.7 Å². The number of aromatic nitrogens is 4. The van der Waals surface area contributed by atoms with Crippen LogP contribution in [0.4, 0.5) is 5.82 Å². The number of nitrogens with zero attached hydrogens (tertiary/aromatic N) is 4. The first-order chi connectivity index (χ1) is 13.1. The number of benzene rings is 1. The predicted octanol–water partition coefficient (Wildman–Crippen LogP) is 4.22. The average Bonchev–Trinajstić information content (AvgIpc) is 3.27. The second-order valence-electron chi connectivity index (χ2n) is 6.07. The molecule has 0 bridgehead atoms. The number of aryl methyl sites for hydroxylation is 2. The summed E-state index contributed by atoms with van der Waals surface area (Å²) in [6.45, 7) is 3.94. The Morgan fingerprint density at radius 2 is 2.00 bits per heavy atom. The molecule has 3 aromatic heterocycles. The number of thiophene rings is 1. The van der Waals surface area contributed by atoms with Gasteiger partial charge in [-0.25, -0.2) is 14.6 Å². The van der Waals surface area contributed by atoms with Gasteiger partial charge in [-0.05, 0) is 37.4 Å². The van der Waals surface area contributed by atoms with E-state index < -0.39 is 0 Å². The van der Waals surface area contributed by atoms with Gasteiger partial charge in [0.25, 0.3) is 0 Å². The van der Waals surface area contributed by atoms with E-state index in [0.29, 0.717) is 5.82 Å². The van der Waals surface area contributed by atoms with Gasteiger partial charge in [-0.1, -0.05) is 29.5 Å². The lowest BCUT2D eigenvalue weighted by molar-refractivity contribution is -0.113. The van der Waals surface area contributed by atoms with Crippen molar-refractivity contribution in [3.05, 3.63) is 59.4 Å². The van der Waals surface area contributed by atoms with Gasteiger partial charge < -0.3 is 5.32 Å². The molecule has 1 amide bonds. The largest absolute Gasteiger partial charge is 0.310 e. The van der Waals surface area contributed by atoms with Crippen molar-refractivity contribution >= 4 is 45.0 Å². The SMILES string of the molecule is Cc1ccc(-n2nc(C)cc2NC(=O)CSc2ncnc3ccsc23)cc1. The molecule has 1 aromatic carbocycles. The molecule has 0 saturated heterocycles. The van der Waals surface area contributed by atoms with Gasteiger partial charge in [-0.15, -0.1) is 11.3 Å². The Balaban J connectivity index is 1.48. The van der Waals surface area contributed by atoms with Crippen molar-refractivity contribution in [1.29, 1.82) is 0 Å². The molecule has 3 heterocycles. The third kappa shape index (κ3) is 3.86. The zero-order valence-corrected chi connectivity index (χ0v) is 16.5. The lowest BCUT2D eigenvalue weighted by Crippen LogP contribution is -2.17. The number of nitrogens with one attached hydrogen (secondary N) is 1. The van der Waals surface area contributed by atoms with Crippen LogP contribution >= 0.6 is 23.1 Å². The molecule has 136 valence electrons. The minimum atomic E-state index is -0.100. The fourth-order valence-electron chi connectivity index (χ4n) is 2.65. The van der Waals surface area contributed by atoms with Gasteiger partial charge in [0.2, 0.25) is 5.91 Å². The Bertz CT molecular complexity index is 1100. The maximum Gasteiger partial charge on any atom is 0.235 e. The highest BCUT2D eigenvalue weighted by molar-refractivity contribution is 8.00. The number of fused-ring (bicyclic) bond motifs is 1. The lowest BCUT2D eigenvalue weighted by atomic mass is 10.2. The Morgan fingerprint density at radius 1 is 1.19 bits per heavy atom. The van der Waals surface area contributed by atoms with E-state index in [1.165, 1.54) is 23.7 Å². The number of anilines is 1. The third-order valence-corrected chi connectivity index (χ3v) is 5.96. The summed E-state index contributed by atoms with van der Waals surface area (Å²) in [6.07, 6.45) is 1.53. The van der Waals surface area contributed by atoms with Crippen LogP contribution in [0.5, 0.6) is 0 Å². The molecule has 0 atom stereocenters. The molecular weight excluding hydrogens is 378 g/mol. The zero-order chi connectivity index (χ0) is 18.8. The van der Waals surface area contributed by atoms with Crippen LogP contribution in [0.2, 0.25) is 0 Å². The molecular formula is C19H17N5OS2. The molecule has 0 radical (unpaired) electrons. The second-order valence-corrected chi connectivity index (χ2v) is 7.95. The molecule has 0 aliphatic heterocycles. The Morgan fingerprint density at radius 3 is 2.81 bits per heavy atom. The second kappa shape index (κ2) is 7.50. The summed E-state index contributed by atoms with van der Waals surface area (Å²) in [5.74, 6) is 0.824. The standard InChI is InChI=1S/C19H17N5OS2/c1-12-3-5-14(6-4-12)24-16(9-13(2)23-24)22-17(25)10-27-19-18-15(7-8-26-18)20-11-21-19/h3-9,11H,10H2,1-2H3,(H,22,25). The van der Waals surface area contributed by atoms with Crippen LogP contribution in [0.3, 0.4) is 0 Å². The number of thioether (sulfide) groups is 1. The predicted molar refractivity (Wildman–Crippen MR) is 110 cm³/mol. The average molecular weight is 396 g/mol. The molecule has 0 fully saturated rings. The maximum atomic E-state index is 12.5. The summed E-state index contributed by atoms with van der Waals surface area (Å²) >= 11 is 2.99. The van der Waals surface area contributed by atoms with E-state index in [0.717, 1.165) is 26.6 Å². The summed E-state index contributed by atoms with van der Waals surface area (Å²) in [6, 6.07) is 11.8. The lowest BCUT2D eigenvalue weighted by Gasteiger charge is -2.09. The van der Waals surface area contributed by atoms with Crippen molar-refractivity contribution in [2.45, 2.75) is 18.9 Å². The number of carbonyl (C=O) groups is 1. The summed E-state index contributed by atoms with van der Waals surface area (Å²) < 4.78 is 2.76. The topological polar surface area (TPSA) is 72.7 Å². The fourth-order valence-corrected chi connectivity index (χ4v) is 4.40. The molecule has 8 heteroatoms. The van der Waals surface area contributed by atoms with Crippen LogP contribution in [0.15, 0.2) is 53.1 Å². The van der Waals surface area contributed by atoms with Crippen LogP contribution in [-0.4, -0.2) is 31.4 Å².